The second kappa shape index (κ2) is 7.52. The minimum atomic E-state index is 0.572. The minimum Gasteiger partial charge on any atom is -0.493 e. The Hall–Kier alpha value is -3.67. The molecule has 4 aromatic rings. The van der Waals surface area contributed by atoms with Gasteiger partial charge < -0.3 is 23.9 Å². The van der Waals surface area contributed by atoms with Gasteiger partial charge in [-0.2, -0.15) is 0 Å². The molecule has 0 saturated carbocycles. The second-order valence-corrected chi connectivity index (χ2v) is 6.15. The van der Waals surface area contributed by atoms with Gasteiger partial charge in [0.15, 0.2) is 17.3 Å². The zero-order valence-electron chi connectivity index (χ0n) is 16.0. The maximum atomic E-state index is 5.49. The van der Waals surface area contributed by atoms with E-state index in [1.807, 2.05) is 60.8 Å². The number of nitrogens with zero attached hydrogens (tertiary/aromatic N) is 2. The fraction of sp³-hybridized carbons (Fsp3) is 0.136. The summed E-state index contributed by atoms with van der Waals surface area (Å²) in [4.78, 5) is 4.50. The summed E-state index contributed by atoms with van der Waals surface area (Å²) in [6, 6.07) is 17.9. The van der Waals surface area contributed by atoms with Crippen LogP contribution in [-0.4, -0.2) is 30.7 Å². The van der Waals surface area contributed by atoms with Crippen molar-refractivity contribution in [2.24, 2.45) is 0 Å². The number of anilines is 2. The molecule has 142 valence electrons. The molecule has 2 aromatic heterocycles. The zero-order chi connectivity index (χ0) is 19.5. The molecule has 0 unspecified atom stereocenters. The number of aromatic nitrogens is 2. The monoisotopic (exact) mass is 375 g/mol. The van der Waals surface area contributed by atoms with E-state index in [4.69, 9.17) is 14.2 Å². The highest BCUT2D eigenvalue weighted by atomic mass is 16.5. The molecule has 0 amide bonds. The molecule has 0 aliphatic heterocycles. The highest BCUT2D eigenvalue weighted by Crippen LogP contribution is 2.41. The van der Waals surface area contributed by atoms with Gasteiger partial charge in [-0.3, -0.25) is 0 Å². The summed E-state index contributed by atoms with van der Waals surface area (Å²) in [5.74, 6) is 2.59. The smallest absolute Gasteiger partial charge is 0.203 e. The first-order chi connectivity index (χ1) is 13.7. The minimum absolute atomic E-state index is 0.572. The van der Waals surface area contributed by atoms with Gasteiger partial charge in [-0.05, 0) is 36.4 Å². The van der Waals surface area contributed by atoms with E-state index in [9.17, 15) is 0 Å². The van der Waals surface area contributed by atoms with Crippen molar-refractivity contribution in [3.63, 3.8) is 0 Å². The number of para-hydroxylation sites is 1. The van der Waals surface area contributed by atoms with Crippen LogP contribution < -0.4 is 19.5 Å². The fourth-order valence-corrected chi connectivity index (χ4v) is 3.26. The number of methoxy groups -OCH3 is 3. The molecular formula is C22H21N3O3. The molecule has 0 fully saturated rings. The van der Waals surface area contributed by atoms with E-state index in [-0.39, 0.29) is 0 Å². The topological polar surface area (TPSA) is 57.0 Å². The van der Waals surface area contributed by atoms with E-state index in [0.29, 0.717) is 17.2 Å². The number of benzene rings is 2. The molecule has 28 heavy (non-hydrogen) atoms. The summed E-state index contributed by atoms with van der Waals surface area (Å²) in [6.45, 7) is 0. The van der Waals surface area contributed by atoms with Crippen molar-refractivity contribution in [1.29, 1.82) is 0 Å². The largest absolute Gasteiger partial charge is 0.493 e. The second-order valence-electron chi connectivity index (χ2n) is 6.15. The van der Waals surface area contributed by atoms with Crippen LogP contribution in [0.1, 0.15) is 0 Å². The summed E-state index contributed by atoms with van der Waals surface area (Å²) in [7, 11) is 4.83. The molecule has 0 spiro atoms. The Labute approximate surface area is 163 Å². The van der Waals surface area contributed by atoms with Crippen molar-refractivity contribution in [3.05, 3.63) is 67.0 Å². The van der Waals surface area contributed by atoms with Crippen LogP contribution in [0, 0.1) is 0 Å². The average Bonchev–Trinajstić information content (AvgIpc) is 3.18. The third kappa shape index (κ3) is 3.09. The number of ether oxygens (including phenoxy) is 3. The Balaban J connectivity index is 1.82. The van der Waals surface area contributed by atoms with Crippen LogP contribution in [0.2, 0.25) is 0 Å². The first-order valence-corrected chi connectivity index (χ1v) is 8.83. The van der Waals surface area contributed by atoms with Crippen molar-refractivity contribution in [2.75, 3.05) is 26.6 Å². The van der Waals surface area contributed by atoms with E-state index in [0.717, 1.165) is 28.3 Å². The number of nitrogens with one attached hydrogen (secondary N) is 1. The molecule has 0 radical (unpaired) electrons. The van der Waals surface area contributed by atoms with Gasteiger partial charge in [-0.25, -0.2) is 4.98 Å². The Kier molecular flexibility index (Phi) is 4.76. The van der Waals surface area contributed by atoms with Gasteiger partial charge in [0.1, 0.15) is 0 Å². The van der Waals surface area contributed by atoms with Crippen LogP contribution in [0.5, 0.6) is 17.2 Å². The van der Waals surface area contributed by atoms with Crippen molar-refractivity contribution in [3.8, 4) is 28.5 Å². The van der Waals surface area contributed by atoms with Crippen LogP contribution in [0.3, 0.4) is 0 Å². The standard InChI is InChI=1S/C22H21N3O3/c1-26-19-13-15(14-20(27-2)21(19)28-3)17-9-10-18-22(23-11-12-25(17)18)24-16-7-5-4-6-8-16/h4-14H,1-3H3,(H,23,24). The van der Waals surface area contributed by atoms with Crippen molar-refractivity contribution in [2.45, 2.75) is 0 Å². The Morgan fingerprint density at radius 2 is 1.57 bits per heavy atom. The number of rotatable bonds is 6. The van der Waals surface area contributed by atoms with E-state index >= 15 is 0 Å². The molecule has 2 aromatic carbocycles. The molecule has 4 rings (SSSR count). The Morgan fingerprint density at radius 3 is 2.21 bits per heavy atom. The molecule has 0 saturated heterocycles. The Bertz CT molecular complexity index is 1080. The number of fused-ring (bicyclic) bond motifs is 1. The first-order valence-electron chi connectivity index (χ1n) is 8.83. The zero-order valence-corrected chi connectivity index (χ0v) is 16.0. The van der Waals surface area contributed by atoms with Crippen molar-refractivity contribution in [1.82, 2.24) is 9.38 Å². The fourth-order valence-electron chi connectivity index (χ4n) is 3.26. The lowest BCUT2D eigenvalue weighted by atomic mass is 10.1. The van der Waals surface area contributed by atoms with Gasteiger partial charge in [0, 0.05) is 23.6 Å². The third-order valence-corrected chi connectivity index (χ3v) is 4.58. The van der Waals surface area contributed by atoms with Gasteiger partial charge in [0.05, 0.1) is 32.5 Å². The molecular weight excluding hydrogens is 354 g/mol. The lowest BCUT2D eigenvalue weighted by molar-refractivity contribution is 0.324. The molecule has 6 heteroatoms. The lowest BCUT2D eigenvalue weighted by Gasteiger charge is -2.14. The highest BCUT2D eigenvalue weighted by molar-refractivity contribution is 5.79. The predicted molar refractivity (Wildman–Crippen MR) is 110 cm³/mol. The van der Waals surface area contributed by atoms with Crippen LogP contribution >= 0.6 is 0 Å². The highest BCUT2D eigenvalue weighted by Gasteiger charge is 2.16. The van der Waals surface area contributed by atoms with E-state index in [1.165, 1.54) is 0 Å². The first kappa shape index (κ1) is 17.7. The summed E-state index contributed by atoms with van der Waals surface area (Å²) < 4.78 is 18.5. The molecule has 0 bridgehead atoms. The molecule has 1 N–H and O–H groups in total. The Morgan fingerprint density at radius 1 is 0.857 bits per heavy atom. The van der Waals surface area contributed by atoms with Crippen LogP contribution in [0.4, 0.5) is 11.5 Å². The molecule has 0 aliphatic rings. The quantitative estimate of drug-likeness (QED) is 0.526. The third-order valence-electron chi connectivity index (χ3n) is 4.58. The summed E-state index contributed by atoms with van der Waals surface area (Å²) in [6.07, 6.45) is 3.71. The summed E-state index contributed by atoms with van der Waals surface area (Å²) in [5.41, 5.74) is 3.90. The van der Waals surface area contributed by atoms with Gasteiger partial charge in [-0.1, -0.05) is 18.2 Å². The van der Waals surface area contributed by atoms with Crippen molar-refractivity contribution >= 4 is 17.0 Å². The van der Waals surface area contributed by atoms with E-state index in [2.05, 4.69) is 14.7 Å². The summed E-state index contributed by atoms with van der Waals surface area (Å²) in [5, 5.41) is 3.37. The average molecular weight is 375 g/mol. The van der Waals surface area contributed by atoms with Gasteiger partial charge in [0.25, 0.3) is 0 Å². The molecule has 0 aliphatic carbocycles. The van der Waals surface area contributed by atoms with Gasteiger partial charge >= 0.3 is 0 Å². The predicted octanol–water partition coefficient (Wildman–Crippen LogP) is 4.77. The van der Waals surface area contributed by atoms with E-state index in [1.54, 1.807) is 27.5 Å². The number of hydrogen-bond donors (Lipinski definition) is 1. The van der Waals surface area contributed by atoms with Crippen LogP contribution in [0.15, 0.2) is 67.0 Å². The van der Waals surface area contributed by atoms with E-state index < -0.39 is 0 Å². The van der Waals surface area contributed by atoms with Gasteiger partial charge in [-0.15, -0.1) is 0 Å². The molecule has 2 heterocycles. The maximum Gasteiger partial charge on any atom is 0.203 e. The molecule has 0 atom stereocenters. The number of hydrogen-bond acceptors (Lipinski definition) is 5. The van der Waals surface area contributed by atoms with Crippen LogP contribution in [0.25, 0.3) is 16.8 Å². The summed E-state index contributed by atoms with van der Waals surface area (Å²) >= 11 is 0. The van der Waals surface area contributed by atoms with Gasteiger partial charge in [0.2, 0.25) is 5.75 Å². The van der Waals surface area contributed by atoms with Crippen LogP contribution in [-0.2, 0) is 0 Å². The normalized spacial score (nSPS) is 10.7. The van der Waals surface area contributed by atoms with Crippen molar-refractivity contribution < 1.29 is 14.2 Å². The SMILES string of the molecule is COc1cc(-c2ccc3c(Nc4ccccc4)nccn23)cc(OC)c1OC. The molecule has 6 nitrogen and oxygen atoms in total. The lowest BCUT2D eigenvalue weighted by Crippen LogP contribution is -1.99. The maximum absolute atomic E-state index is 5.49.